The second-order valence-electron chi connectivity index (χ2n) is 4.01. The van der Waals surface area contributed by atoms with E-state index in [1.807, 2.05) is 0 Å². The molecular weight excluding hydrogens is 136 g/mol. The molecular formula is C10H16O. The summed E-state index contributed by atoms with van der Waals surface area (Å²) in [6, 6.07) is 0. The summed E-state index contributed by atoms with van der Waals surface area (Å²) in [7, 11) is 0. The van der Waals surface area contributed by atoms with Crippen molar-refractivity contribution >= 4 is 5.78 Å². The number of Topliss-reactive ketones (excluding diaryl/α,β-unsaturated/α-hetero) is 1. The average Bonchev–Trinajstić information content (AvgIpc) is 2.25. The first-order valence-corrected chi connectivity index (χ1v) is 4.90. The molecule has 0 N–H and O–H groups in total. The highest BCUT2D eigenvalue weighted by molar-refractivity contribution is 5.83. The molecule has 1 nitrogen and oxygen atoms in total. The zero-order chi connectivity index (χ0) is 7.68. The fourth-order valence-corrected chi connectivity index (χ4v) is 2.67. The molecule has 1 heteroatoms. The average molecular weight is 152 g/mol. The van der Waals surface area contributed by atoms with Crippen LogP contribution in [0.25, 0.3) is 0 Å². The van der Waals surface area contributed by atoms with Gasteiger partial charge < -0.3 is 0 Å². The number of hydrogen-bond acceptors (Lipinski definition) is 1. The van der Waals surface area contributed by atoms with E-state index in [0.29, 0.717) is 11.7 Å². The molecule has 0 aromatic carbocycles. The monoisotopic (exact) mass is 152 g/mol. The Balaban J connectivity index is 2.06. The lowest BCUT2D eigenvalue weighted by Gasteiger charge is -2.12. The summed E-state index contributed by atoms with van der Waals surface area (Å²) in [5.41, 5.74) is 0. The van der Waals surface area contributed by atoms with Crippen LogP contribution in [0.15, 0.2) is 0 Å². The highest BCUT2D eigenvalue weighted by Crippen LogP contribution is 2.38. The Labute approximate surface area is 68.2 Å². The van der Waals surface area contributed by atoms with Crippen molar-refractivity contribution in [3.63, 3.8) is 0 Å². The van der Waals surface area contributed by atoms with Gasteiger partial charge in [-0.15, -0.1) is 0 Å². The maximum atomic E-state index is 11.4. The molecule has 0 aromatic rings. The van der Waals surface area contributed by atoms with Gasteiger partial charge in [-0.1, -0.05) is 19.3 Å². The predicted octanol–water partition coefficient (Wildman–Crippen LogP) is 2.55. The number of carbonyl (C=O) groups excluding carboxylic acids is 1. The van der Waals surface area contributed by atoms with Crippen molar-refractivity contribution < 1.29 is 4.79 Å². The topological polar surface area (TPSA) is 17.1 Å². The van der Waals surface area contributed by atoms with Gasteiger partial charge in [-0.25, -0.2) is 0 Å². The van der Waals surface area contributed by atoms with Crippen LogP contribution in [0.4, 0.5) is 0 Å². The van der Waals surface area contributed by atoms with Crippen LogP contribution in [0.2, 0.25) is 0 Å². The molecule has 0 bridgehead atoms. The van der Waals surface area contributed by atoms with Gasteiger partial charge in [0.1, 0.15) is 5.78 Å². The first-order valence-electron chi connectivity index (χ1n) is 4.90. The largest absolute Gasteiger partial charge is 0.299 e. The summed E-state index contributed by atoms with van der Waals surface area (Å²) < 4.78 is 0. The van der Waals surface area contributed by atoms with Crippen molar-refractivity contribution in [2.45, 2.75) is 44.9 Å². The van der Waals surface area contributed by atoms with E-state index in [-0.39, 0.29) is 0 Å². The third-order valence-electron chi connectivity index (χ3n) is 3.33. The molecule has 2 saturated carbocycles. The summed E-state index contributed by atoms with van der Waals surface area (Å²) in [5, 5.41) is 0. The lowest BCUT2D eigenvalue weighted by Crippen LogP contribution is -2.12. The number of rotatable bonds is 0. The number of hydrogen-bond donors (Lipinski definition) is 0. The van der Waals surface area contributed by atoms with E-state index in [9.17, 15) is 4.79 Å². The fraction of sp³-hybridized carbons (Fsp3) is 0.900. The molecule has 62 valence electrons. The smallest absolute Gasteiger partial charge is 0.136 e. The molecule has 2 aliphatic carbocycles. The molecule has 0 amide bonds. The molecule has 2 fully saturated rings. The molecule has 11 heavy (non-hydrogen) atoms. The molecule has 0 aliphatic heterocycles. The molecule has 0 aromatic heterocycles. The standard InChI is InChI=1S/C10H16O/c11-10-7-6-8-4-2-1-3-5-9(8)10/h8-9H,1-7H2/t8-,9?/m1/s1. The van der Waals surface area contributed by atoms with Gasteiger partial charge in [-0.3, -0.25) is 4.79 Å². The van der Waals surface area contributed by atoms with E-state index < -0.39 is 0 Å². The number of ketones is 1. The molecule has 2 rings (SSSR count). The van der Waals surface area contributed by atoms with Crippen LogP contribution in [0.5, 0.6) is 0 Å². The van der Waals surface area contributed by atoms with Gasteiger partial charge in [0.05, 0.1) is 0 Å². The maximum absolute atomic E-state index is 11.4. The third kappa shape index (κ3) is 1.33. The Morgan fingerprint density at radius 2 is 1.82 bits per heavy atom. The van der Waals surface area contributed by atoms with E-state index >= 15 is 0 Å². The van der Waals surface area contributed by atoms with Crippen LogP contribution in [-0.2, 0) is 4.79 Å². The Bertz CT molecular complexity index is 162. The van der Waals surface area contributed by atoms with Gasteiger partial charge in [0, 0.05) is 12.3 Å². The number of carbonyl (C=O) groups is 1. The summed E-state index contributed by atoms with van der Waals surface area (Å²) in [5.74, 6) is 1.83. The van der Waals surface area contributed by atoms with E-state index in [2.05, 4.69) is 0 Å². The molecule has 1 unspecified atom stereocenters. The van der Waals surface area contributed by atoms with Crippen molar-refractivity contribution in [3.05, 3.63) is 0 Å². The molecule has 0 radical (unpaired) electrons. The van der Waals surface area contributed by atoms with Crippen LogP contribution >= 0.6 is 0 Å². The maximum Gasteiger partial charge on any atom is 0.136 e. The zero-order valence-electron chi connectivity index (χ0n) is 7.01. The van der Waals surface area contributed by atoms with Crippen LogP contribution < -0.4 is 0 Å². The second kappa shape index (κ2) is 2.96. The van der Waals surface area contributed by atoms with Gasteiger partial charge in [0.15, 0.2) is 0 Å². The van der Waals surface area contributed by atoms with Gasteiger partial charge in [0.25, 0.3) is 0 Å². The quantitative estimate of drug-likeness (QED) is 0.521. The Hall–Kier alpha value is -0.330. The molecule has 2 atom stereocenters. The zero-order valence-corrected chi connectivity index (χ0v) is 7.01. The Kier molecular flexibility index (Phi) is 1.97. The molecule has 0 heterocycles. The van der Waals surface area contributed by atoms with Crippen LogP contribution in [-0.4, -0.2) is 5.78 Å². The van der Waals surface area contributed by atoms with Crippen molar-refractivity contribution in [2.24, 2.45) is 11.8 Å². The fourth-order valence-electron chi connectivity index (χ4n) is 2.67. The Morgan fingerprint density at radius 1 is 1.00 bits per heavy atom. The normalized spacial score (nSPS) is 38.4. The molecule has 2 aliphatic rings. The van der Waals surface area contributed by atoms with E-state index in [4.69, 9.17) is 0 Å². The summed E-state index contributed by atoms with van der Waals surface area (Å²) in [4.78, 5) is 11.4. The first-order chi connectivity index (χ1) is 5.38. The minimum atomic E-state index is 0.484. The molecule has 0 saturated heterocycles. The predicted molar refractivity (Wildman–Crippen MR) is 44.3 cm³/mol. The van der Waals surface area contributed by atoms with Crippen LogP contribution in [0.3, 0.4) is 0 Å². The van der Waals surface area contributed by atoms with Gasteiger partial charge in [-0.2, -0.15) is 0 Å². The second-order valence-corrected chi connectivity index (χ2v) is 4.01. The van der Waals surface area contributed by atoms with E-state index in [0.717, 1.165) is 12.3 Å². The first kappa shape index (κ1) is 7.33. The summed E-state index contributed by atoms with van der Waals surface area (Å²) in [6.45, 7) is 0. The van der Waals surface area contributed by atoms with Gasteiger partial charge in [0.2, 0.25) is 0 Å². The molecule has 0 spiro atoms. The van der Waals surface area contributed by atoms with Gasteiger partial charge >= 0.3 is 0 Å². The third-order valence-corrected chi connectivity index (χ3v) is 3.33. The van der Waals surface area contributed by atoms with Gasteiger partial charge in [-0.05, 0) is 25.2 Å². The van der Waals surface area contributed by atoms with Crippen LogP contribution in [0, 0.1) is 11.8 Å². The van der Waals surface area contributed by atoms with E-state index in [1.165, 1.54) is 38.5 Å². The SMILES string of the molecule is O=C1CC[C@H]2CCCCCC12. The van der Waals surface area contributed by atoms with E-state index in [1.54, 1.807) is 0 Å². The van der Waals surface area contributed by atoms with Crippen molar-refractivity contribution in [2.75, 3.05) is 0 Å². The van der Waals surface area contributed by atoms with Crippen molar-refractivity contribution in [3.8, 4) is 0 Å². The van der Waals surface area contributed by atoms with Crippen molar-refractivity contribution in [1.29, 1.82) is 0 Å². The highest BCUT2D eigenvalue weighted by atomic mass is 16.1. The minimum absolute atomic E-state index is 0.484. The van der Waals surface area contributed by atoms with Crippen LogP contribution in [0.1, 0.15) is 44.9 Å². The minimum Gasteiger partial charge on any atom is -0.299 e. The Morgan fingerprint density at radius 3 is 2.73 bits per heavy atom. The lowest BCUT2D eigenvalue weighted by atomic mass is 9.91. The number of fused-ring (bicyclic) bond motifs is 1. The highest BCUT2D eigenvalue weighted by Gasteiger charge is 2.34. The lowest BCUT2D eigenvalue weighted by molar-refractivity contribution is -0.121. The van der Waals surface area contributed by atoms with Crippen molar-refractivity contribution in [1.82, 2.24) is 0 Å². The summed E-state index contributed by atoms with van der Waals surface area (Å²) in [6.07, 6.45) is 8.64. The summed E-state index contributed by atoms with van der Waals surface area (Å²) >= 11 is 0.